The van der Waals surface area contributed by atoms with Gasteiger partial charge in [-0.3, -0.25) is 10.1 Å². The predicted molar refractivity (Wildman–Crippen MR) is 78.0 cm³/mol. The molecule has 0 spiro atoms. The molecule has 1 heterocycles. The van der Waals surface area contributed by atoms with Crippen molar-refractivity contribution in [1.29, 1.82) is 0 Å². The van der Waals surface area contributed by atoms with E-state index >= 15 is 0 Å². The third-order valence-electron chi connectivity index (χ3n) is 2.67. The van der Waals surface area contributed by atoms with Crippen LogP contribution in [0.15, 0.2) is 35.8 Å². The Kier molecular flexibility index (Phi) is 5.09. The highest BCUT2D eigenvalue weighted by Gasteiger charge is 2.14. The van der Waals surface area contributed by atoms with Crippen molar-refractivity contribution in [3.8, 4) is 5.75 Å². The van der Waals surface area contributed by atoms with Crippen molar-refractivity contribution < 1.29 is 14.3 Å². The third kappa shape index (κ3) is 4.04. The number of benzene rings is 1. The lowest BCUT2D eigenvalue weighted by atomic mass is 10.2. The number of amides is 1. The van der Waals surface area contributed by atoms with Gasteiger partial charge in [-0.15, -0.1) is 11.3 Å². The molecule has 1 N–H and O–H groups in total. The first-order valence-corrected chi connectivity index (χ1v) is 7.02. The normalized spacial score (nSPS) is 11.9. The fourth-order valence-corrected chi connectivity index (χ4v) is 2.08. The molecule has 0 aliphatic rings. The van der Waals surface area contributed by atoms with Gasteiger partial charge in [0.15, 0.2) is 5.13 Å². The number of carbonyl (C=O) groups excluding carboxylic acids is 1. The molecule has 5 nitrogen and oxygen atoms in total. The minimum Gasteiger partial charge on any atom is -0.497 e. The molecule has 1 atom stereocenters. The summed E-state index contributed by atoms with van der Waals surface area (Å²) in [5, 5.41) is 5.08. The van der Waals surface area contributed by atoms with Gasteiger partial charge in [-0.1, -0.05) is 12.1 Å². The van der Waals surface area contributed by atoms with E-state index in [1.54, 1.807) is 25.6 Å². The summed E-state index contributed by atoms with van der Waals surface area (Å²) in [5.41, 5.74) is 0.957. The smallest absolute Gasteiger partial charge is 0.255 e. The molecule has 0 bridgehead atoms. The van der Waals surface area contributed by atoms with Gasteiger partial charge in [-0.2, -0.15) is 0 Å². The topological polar surface area (TPSA) is 60.5 Å². The molecular formula is C14H16N2O3S. The van der Waals surface area contributed by atoms with Crippen molar-refractivity contribution in [1.82, 2.24) is 4.98 Å². The Labute approximate surface area is 121 Å². The van der Waals surface area contributed by atoms with E-state index < -0.39 is 6.10 Å². The van der Waals surface area contributed by atoms with Crippen LogP contribution in [-0.4, -0.2) is 24.1 Å². The van der Waals surface area contributed by atoms with Crippen LogP contribution >= 0.6 is 11.3 Å². The van der Waals surface area contributed by atoms with Gasteiger partial charge >= 0.3 is 0 Å². The summed E-state index contributed by atoms with van der Waals surface area (Å²) in [6.45, 7) is 2.06. The quantitative estimate of drug-likeness (QED) is 0.889. The molecule has 0 fully saturated rings. The molecular weight excluding hydrogens is 276 g/mol. The minimum absolute atomic E-state index is 0.206. The Morgan fingerprint density at radius 1 is 1.50 bits per heavy atom. The molecule has 20 heavy (non-hydrogen) atoms. The van der Waals surface area contributed by atoms with Crippen LogP contribution in [-0.2, 0) is 16.1 Å². The maximum absolute atomic E-state index is 11.9. The molecule has 2 aromatic rings. The number of aromatic nitrogens is 1. The summed E-state index contributed by atoms with van der Waals surface area (Å²) in [7, 11) is 1.62. The maximum atomic E-state index is 11.9. The van der Waals surface area contributed by atoms with Crippen LogP contribution in [0.5, 0.6) is 5.75 Å². The van der Waals surface area contributed by atoms with Crippen LogP contribution in [0.1, 0.15) is 12.5 Å². The number of hydrogen-bond donors (Lipinski definition) is 1. The zero-order chi connectivity index (χ0) is 14.4. The van der Waals surface area contributed by atoms with Gasteiger partial charge in [0.2, 0.25) is 0 Å². The zero-order valence-corrected chi connectivity index (χ0v) is 12.1. The average molecular weight is 292 g/mol. The minimum atomic E-state index is -0.551. The van der Waals surface area contributed by atoms with Crippen LogP contribution in [0.4, 0.5) is 5.13 Å². The molecule has 1 aromatic heterocycles. The predicted octanol–water partition coefficient (Wildman–Crippen LogP) is 2.70. The number of nitrogens with zero attached hydrogens (tertiary/aromatic N) is 1. The molecule has 6 heteroatoms. The number of methoxy groups -OCH3 is 1. The summed E-state index contributed by atoms with van der Waals surface area (Å²) < 4.78 is 10.7. The van der Waals surface area contributed by atoms with E-state index in [4.69, 9.17) is 9.47 Å². The van der Waals surface area contributed by atoms with Crippen molar-refractivity contribution in [2.45, 2.75) is 19.6 Å². The number of ether oxygens (including phenoxy) is 2. The Balaban J connectivity index is 1.84. The first-order valence-electron chi connectivity index (χ1n) is 6.14. The second kappa shape index (κ2) is 7.02. The molecule has 0 aliphatic heterocycles. The van der Waals surface area contributed by atoms with Crippen LogP contribution in [0.25, 0.3) is 0 Å². The molecule has 0 aliphatic carbocycles. The van der Waals surface area contributed by atoms with Crippen molar-refractivity contribution >= 4 is 22.4 Å². The van der Waals surface area contributed by atoms with Gasteiger partial charge in [0.05, 0.1) is 13.7 Å². The van der Waals surface area contributed by atoms with Crippen molar-refractivity contribution in [2.24, 2.45) is 0 Å². The zero-order valence-electron chi connectivity index (χ0n) is 11.3. The summed E-state index contributed by atoms with van der Waals surface area (Å²) in [6.07, 6.45) is 1.09. The largest absolute Gasteiger partial charge is 0.497 e. The Bertz CT molecular complexity index is 557. The van der Waals surface area contributed by atoms with Gasteiger partial charge in [0.1, 0.15) is 11.9 Å². The molecule has 0 unspecified atom stereocenters. The molecule has 0 radical (unpaired) electrons. The fourth-order valence-electron chi connectivity index (χ4n) is 1.55. The molecule has 0 saturated heterocycles. The number of nitrogens with one attached hydrogen (secondary N) is 1. The van der Waals surface area contributed by atoms with Crippen LogP contribution < -0.4 is 10.1 Å². The summed E-state index contributed by atoms with van der Waals surface area (Å²) >= 11 is 1.37. The molecule has 106 valence electrons. The highest BCUT2D eigenvalue weighted by atomic mass is 32.1. The lowest BCUT2D eigenvalue weighted by molar-refractivity contribution is -0.127. The second-order valence-corrected chi connectivity index (χ2v) is 5.03. The van der Waals surface area contributed by atoms with Crippen LogP contribution in [0, 0.1) is 0 Å². The standard InChI is InChI=1S/C14H16N2O3S/c1-10(13(17)16-14-15-6-7-20-14)19-9-11-4-3-5-12(8-11)18-2/h3-8,10H,9H2,1-2H3,(H,15,16,17)/t10-/m0/s1. The highest BCUT2D eigenvalue weighted by molar-refractivity contribution is 7.13. The van der Waals surface area contributed by atoms with E-state index in [0.717, 1.165) is 11.3 Å². The molecule has 1 amide bonds. The SMILES string of the molecule is COc1cccc(CO[C@@H](C)C(=O)Nc2nccs2)c1. The van der Waals surface area contributed by atoms with E-state index in [0.29, 0.717) is 11.7 Å². The average Bonchev–Trinajstić information content (AvgIpc) is 2.97. The number of rotatable bonds is 6. The van der Waals surface area contributed by atoms with E-state index in [-0.39, 0.29) is 5.91 Å². The number of hydrogen-bond acceptors (Lipinski definition) is 5. The van der Waals surface area contributed by atoms with Crippen LogP contribution in [0.2, 0.25) is 0 Å². The van der Waals surface area contributed by atoms with Gasteiger partial charge in [-0.05, 0) is 24.6 Å². The Hall–Kier alpha value is -1.92. The molecule has 0 saturated carbocycles. The van der Waals surface area contributed by atoms with E-state index in [2.05, 4.69) is 10.3 Å². The van der Waals surface area contributed by atoms with E-state index in [1.807, 2.05) is 24.3 Å². The van der Waals surface area contributed by atoms with Crippen molar-refractivity contribution in [3.05, 3.63) is 41.4 Å². The number of carbonyl (C=O) groups is 1. The molecule has 1 aromatic carbocycles. The third-order valence-corrected chi connectivity index (χ3v) is 3.35. The van der Waals surface area contributed by atoms with Crippen molar-refractivity contribution in [3.63, 3.8) is 0 Å². The first kappa shape index (κ1) is 14.5. The van der Waals surface area contributed by atoms with Crippen LogP contribution in [0.3, 0.4) is 0 Å². The monoisotopic (exact) mass is 292 g/mol. The van der Waals surface area contributed by atoms with Gasteiger partial charge in [0, 0.05) is 11.6 Å². The van der Waals surface area contributed by atoms with Crippen molar-refractivity contribution in [2.75, 3.05) is 12.4 Å². The van der Waals surface area contributed by atoms with E-state index in [9.17, 15) is 4.79 Å². The molecule has 2 rings (SSSR count). The first-order chi connectivity index (χ1) is 9.69. The van der Waals surface area contributed by atoms with Gasteiger partial charge < -0.3 is 9.47 Å². The lowest BCUT2D eigenvalue weighted by Gasteiger charge is -2.12. The maximum Gasteiger partial charge on any atom is 0.255 e. The lowest BCUT2D eigenvalue weighted by Crippen LogP contribution is -2.27. The van der Waals surface area contributed by atoms with Gasteiger partial charge in [0.25, 0.3) is 5.91 Å². The highest BCUT2D eigenvalue weighted by Crippen LogP contribution is 2.15. The van der Waals surface area contributed by atoms with Gasteiger partial charge in [-0.25, -0.2) is 4.98 Å². The number of anilines is 1. The summed E-state index contributed by atoms with van der Waals surface area (Å²) in [5.74, 6) is 0.564. The van der Waals surface area contributed by atoms with E-state index in [1.165, 1.54) is 11.3 Å². The number of thiazole rings is 1. The summed E-state index contributed by atoms with van der Waals surface area (Å²) in [6, 6.07) is 7.55. The Morgan fingerprint density at radius 2 is 2.35 bits per heavy atom. The summed E-state index contributed by atoms with van der Waals surface area (Å²) in [4.78, 5) is 15.9. The Morgan fingerprint density at radius 3 is 3.05 bits per heavy atom. The fraction of sp³-hybridized carbons (Fsp3) is 0.286. The second-order valence-electron chi connectivity index (χ2n) is 4.13.